The summed E-state index contributed by atoms with van der Waals surface area (Å²) in [6.45, 7) is 2.70. The lowest BCUT2D eigenvalue weighted by atomic mass is 10.2. The molecule has 0 bridgehead atoms. The minimum absolute atomic E-state index is 0.255. The van der Waals surface area contributed by atoms with Gasteiger partial charge in [-0.15, -0.1) is 11.8 Å². The van der Waals surface area contributed by atoms with Crippen molar-refractivity contribution in [1.82, 2.24) is 10.3 Å². The highest BCUT2D eigenvalue weighted by atomic mass is 79.9. The van der Waals surface area contributed by atoms with E-state index in [1.54, 1.807) is 18.0 Å². The Morgan fingerprint density at radius 3 is 3.06 bits per heavy atom. The SMILES string of the molecule is CCNC(CCSc1ncccc1Br)C(N)=O. The van der Waals surface area contributed by atoms with E-state index in [9.17, 15) is 4.79 Å². The molecule has 0 aliphatic carbocycles. The summed E-state index contributed by atoms with van der Waals surface area (Å²) in [6, 6.07) is 3.57. The van der Waals surface area contributed by atoms with Gasteiger partial charge in [0, 0.05) is 16.4 Å². The number of rotatable bonds is 7. The number of carbonyl (C=O) groups excluding carboxylic acids is 1. The van der Waals surface area contributed by atoms with Crippen LogP contribution in [0, 0.1) is 0 Å². The summed E-state index contributed by atoms with van der Waals surface area (Å²) in [7, 11) is 0. The molecular formula is C11H16BrN3OS. The number of amides is 1. The number of aromatic nitrogens is 1. The van der Waals surface area contributed by atoms with Crippen molar-refractivity contribution < 1.29 is 4.79 Å². The van der Waals surface area contributed by atoms with Crippen molar-refractivity contribution in [3.8, 4) is 0 Å². The van der Waals surface area contributed by atoms with Crippen LogP contribution in [-0.4, -0.2) is 29.2 Å². The Labute approximate surface area is 114 Å². The van der Waals surface area contributed by atoms with Crippen molar-refractivity contribution in [2.24, 2.45) is 5.73 Å². The van der Waals surface area contributed by atoms with Crippen LogP contribution >= 0.6 is 27.7 Å². The van der Waals surface area contributed by atoms with Gasteiger partial charge in [-0.3, -0.25) is 4.79 Å². The Bertz CT molecular complexity index is 375. The summed E-state index contributed by atoms with van der Waals surface area (Å²) in [5, 5.41) is 4.00. The Kier molecular flexibility index (Phi) is 6.54. The monoisotopic (exact) mass is 317 g/mol. The van der Waals surface area contributed by atoms with Gasteiger partial charge >= 0.3 is 0 Å². The van der Waals surface area contributed by atoms with Gasteiger partial charge in [-0.2, -0.15) is 0 Å². The van der Waals surface area contributed by atoms with Crippen LogP contribution in [0.25, 0.3) is 0 Å². The Morgan fingerprint density at radius 1 is 1.71 bits per heavy atom. The van der Waals surface area contributed by atoms with E-state index in [-0.39, 0.29) is 11.9 Å². The average Bonchev–Trinajstić information content (AvgIpc) is 2.30. The highest BCUT2D eigenvalue weighted by Crippen LogP contribution is 2.25. The van der Waals surface area contributed by atoms with Crippen LogP contribution in [0.1, 0.15) is 13.3 Å². The van der Waals surface area contributed by atoms with Crippen LogP contribution in [0.15, 0.2) is 27.8 Å². The standard InChI is InChI=1S/C11H16BrN3OS/c1-2-14-9(10(13)16)5-7-17-11-8(12)4-3-6-15-11/h3-4,6,9,14H,2,5,7H2,1H3,(H2,13,16). The first-order valence-corrected chi connectivity index (χ1v) is 7.19. The summed E-state index contributed by atoms with van der Waals surface area (Å²) >= 11 is 5.05. The number of nitrogens with one attached hydrogen (secondary N) is 1. The second-order valence-corrected chi connectivity index (χ2v) is 5.38. The van der Waals surface area contributed by atoms with E-state index in [0.29, 0.717) is 6.42 Å². The Hall–Kier alpha value is -0.590. The first kappa shape index (κ1) is 14.5. The van der Waals surface area contributed by atoms with Crippen molar-refractivity contribution >= 4 is 33.6 Å². The zero-order valence-corrected chi connectivity index (χ0v) is 12.1. The van der Waals surface area contributed by atoms with Crippen LogP contribution in [0.5, 0.6) is 0 Å². The molecule has 0 radical (unpaired) electrons. The Morgan fingerprint density at radius 2 is 2.47 bits per heavy atom. The topological polar surface area (TPSA) is 68.0 Å². The molecule has 1 heterocycles. The van der Waals surface area contributed by atoms with Gasteiger partial charge in [0.15, 0.2) is 0 Å². The molecular weight excluding hydrogens is 302 g/mol. The summed E-state index contributed by atoms with van der Waals surface area (Å²) in [5.74, 6) is 0.503. The van der Waals surface area contributed by atoms with Gasteiger partial charge in [0.05, 0.1) is 6.04 Å². The number of nitrogens with zero attached hydrogens (tertiary/aromatic N) is 1. The molecule has 0 saturated carbocycles. The van der Waals surface area contributed by atoms with Gasteiger partial charge in [-0.05, 0) is 41.0 Å². The molecule has 3 N–H and O–H groups in total. The minimum atomic E-state index is -0.299. The lowest BCUT2D eigenvalue weighted by Crippen LogP contribution is -2.41. The fourth-order valence-electron chi connectivity index (χ4n) is 1.34. The number of primary amides is 1. The summed E-state index contributed by atoms with van der Waals surface area (Å²) in [5.41, 5.74) is 5.30. The predicted octanol–water partition coefficient (Wildman–Crippen LogP) is 1.79. The fraction of sp³-hybridized carbons (Fsp3) is 0.455. The molecule has 1 unspecified atom stereocenters. The van der Waals surface area contributed by atoms with Crippen molar-refractivity contribution in [2.75, 3.05) is 12.3 Å². The number of likely N-dealkylation sites (N-methyl/N-ethyl adjacent to an activating group) is 1. The molecule has 1 aromatic heterocycles. The molecule has 0 aromatic carbocycles. The molecule has 1 aromatic rings. The predicted molar refractivity (Wildman–Crippen MR) is 73.9 cm³/mol. The van der Waals surface area contributed by atoms with Crippen molar-refractivity contribution in [3.63, 3.8) is 0 Å². The third kappa shape index (κ3) is 5.06. The van der Waals surface area contributed by atoms with E-state index in [1.807, 2.05) is 19.1 Å². The highest BCUT2D eigenvalue weighted by Gasteiger charge is 2.13. The van der Waals surface area contributed by atoms with Crippen LogP contribution in [0.4, 0.5) is 0 Å². The van der Waals surface area contributed by atoms with Gasteiger partial charge in [0.2, 0.25) is 5.91 Å². The quantitative estimate of drug-likeness (QED) is 0.752. The maximum atomic E-state index is 11.1. The smallest absolute Gasteiger partial charge is 0.234 e. The van der Waals surface area contributed by atoms with E-state index >= 15 is 0 Å². The first-order chi connectivity index (χ1) is 8.15. The number of nitrogens with two attached hydrogens (primary N) is 1. The molecule has 0 aliphatic heterocycles. The minimum Gasteiger partial charge on any atom is -0.368 e. The lowest BCUT2D eigenvalue weighted by molar-refractivity contribution is -0.120. The van der Waals surface area contributed by atoms with Gasteiger partial charge in [-0.25, -0.2) is 4.98 Å². The average molecular weight is 318 g/mol. The Balaban J connectivity index is 2.41. The van der Waals surface area contributed by atoms with Gasteiger partial charge in [-0.1, -0.05) is 6.92 Å². The molecule has 0 aliphatic rings. The maximum Gasteiger partial charge on any atom is 0.234 e. The molecule has 0 saturated heterocycles. The van der Waals surface area contributed by atoms with Gasteiger partial charge in [0.1, 0.15) is 5.03 Å². The molecule has 94 valence electrons. The maximum absolute atomic E-state index is 11.1. The molecule has 1 atom stereocenters. The van der Waals surface area contributed by atoms with Crippen molar-refractivity contribution in [2.45, 2.75) is 24.4 Å². The summed E-state index contributed by atoms with van der Waals surface area (Å²) < 4.78 is 0.976. The van der Waals surface area contributed by atoms with Crippen molar-refractivity contribution in [3.05, 3.63) is 22.8 Å². The van der Waals surface area contributed by atoms with Crippen molar-refractivity contribution in [1.29, 1.82) is 0 Å². The molecule has 17 heavy (non-hydrogen) atoms. The molecule has 1 rings (SSSR count). The van der Waals surface area contributed by atoms with E-state index in [2.05, 4.69) is 26.2 Å². The number of hydrogen-bond acceptors (Lipinski definition) is 4. The second-order valence-electron chi connectivity index (χ2n) is 3.44. The number of thioether (sulfide) groups is 1. The molecule has 0 fully saturated rings. The lowest BCUT2D eigenvalue weighted by Gasteiger charge is -2.13. The molecule has 1 amide bonds. The van der Waals surface area contributed by atoms with E-state index in [1.165, 1.54) is 0 Å². The van der Waals surface area contributed by atoms with Gasteiger partial charge < -0.3 is 11.1 Å². The fourth-order valence-corrected chi connectivity index (χ4v) is 2.83. The highest BCUT2D eigenvalue weighted by molar-refractivity contribution is 9.10. The number of halogens is 1. The summed E-state index contributed by atoms with van der Waals surface area (Å²) in [4.78, 5) is 15.4. The van der Waals surface area contributed by atoms with Crippen LogP contribution < -0.4 is 11.1 Å². The summed E-state index contributed by atoms with van der Waals surface area (Å²) in [6.07, 6.45) is 2.46. The normalized spacial score (nSPS) is 12.4. The van der Waals surface area contributed by atoms with Crippen LogP contribution in [-0.2, 0) is 4.79 Å². The van der Waals surface area contributed by atoms with E-state index < -0.39 is 0 Å². The van der Waals surface area contributed by atoms with E-state index in [0.717, 1.165) is 21.8 Å². The third-order valence-corrected chi connectivity index (χ3v) is 4.10. The molecule has 6 heteroatoms. The number of carbonyl (C=O) groups is 1. The number of hydrogen-bond donors (Lipinski definition) is 2. The molecule has 4 nitrogen and oxygen atoms in total. The largest absolute Gasteiger partial charge is 0.368 e. The molecule has 0 spiro atoms. The van der Waals surface area contributed by atoms with Gasteiger partial charge in [0.25, 0.3) is 0 Å². The van der Waals surface area contributed by atoms with Crippen LogP contribution in [0.2, 0.25) is 0 Å². The third-order valence-electron chi connectivity index (χ3n) is 2.16. The number of pyridine rings is 1. The van der Waals surface area contributed by atoms with E-state index in [4.69, 9.17) is 5.73 Å². The first-order valence-electron chi connectivity index (χ1n) is 5.41. The second kappa shape index (κ2) is 7.68. The zero-order valence-electron chi connectivity index (χ0n) is 9.65. The zero-order chi connectivity index (χ0) is 12.7. The van der Waals surface area contributed by atoms with Crippen LogP contribution in [0.3, 0.4) is 0 Å².